The lowest BCUT2D eigenvalue weighted by Crippen LogP contribution is -2.41. The van der Waals surface area contributed by atoms with Gasteiger partial charge in [0.25, 0.3) is 11.1 Å². The van der Waals surface area contributed by atoms with Crippen LogP contribution in [0.4, 0.5) is 10.2 Å². The van der Waals surface area contributed by atoms with E-state index < -0.39 is 22.8 Å². The molecule has 174 valence electrons. The summed E-state index contributed by atoms with van der Waals surface area (Å²) in [5.74, 6) is -1.47. The second-order valence-electron chi connectivity index (χ2n) is 7.61. The molecule has 0 spiro atoms. The predicted molar refractivity (Wildman–Crippen MR) is 128 cm³/mol. The molecule has 2 N–H and O–H groups in total. The van der Waals surface area contributed by atoms with Crippen LogP contribution >= 0.6 is 11.8 Å². The van der Waals surface area contributed by atoms with Crippen molar-refractivity contribution >= 4 is 34.3 Å². The van der Waals surface area contributed by atoms with Gasteiger partial charge in [-0.3, -0.25) is 28.1 Å². The molecule has 4 rings (SSSR count). The SMILES string of the molecule is Cn1c(N)c(C(=O)CSc2nc3ccccc3c(=O)n2Cc2ccc(F)cc2)c(=O)n(C)c1=O. The van der Waals surface area contributed by atoms with Gasteiger partial charge < -0.3 is 5.73 Å². The molecule has 0 saturated heterocycles. The summed E-state index contributed by atoms with van der Waals surface area (Å²) in [4.78, 5) is 55.2. The maximum Gasteiger partial charge on any atom is 0.332 e. The Hall–Kier alpha value is -3.99. The summed E-state index contributed by atoms with van der Waals surface area (Å²) in [7, 11) is 2.63. The first kappa shape index (κ1) is 23.2. The van der Waals surface area contributed by atoms with Gasteiger partial charge in [0.2, 0.25) is 0 Å². The number of rotatable bonds is 6. The van der Waals surface area contributed by atoms with Crippen LogP contribution in [-0.2, 0) is 20.6 Å². The van der Waals surface area contributed by atoms with Crippen LogP contribution in [0.2, 0.25) is 0 Å². The van der Waals surface area contributed by atoms with Gasteiger partial charge in [-0.25, -0.2) is 14.2 Å². The Morgan fingerprint density at radius 1 is 1.00 bits per heavy atom. The fourth-order valence-corrected chi connectivity index (χ4v) is 4.36. The molecule has 0 aliphatic carbocycles. The number of nitrogens with two attached hydrogens (primary N) is 1. The van der Waals surface area contributed by atoms with Gasteiger partial charge in [0.05, 0.1) is 23.2 Å². The van der Waals surface area contributed by atoms with E-state index in [9.17, 15) is 23.6 Å². The van der Waals surface area contributed by atoms with E-state index in [2.05, 4.69) is 4.98 Å². The number of halogens is 1. The van der Waals surface area contributed by atoms with Crippen molar-refractivity contribution in [2.24, 2.45) is 14.1 Å². The Labute approximate surface area is 196 Å². The van der Waals surface area contributed by atoms with Crippen molar-refractivity contribution in [2.45, 2.75) is 11.7 Å². The fourth-order valence-electron chi connectivity index (χ4n) is 3.49. The number of para-hydroxylation sites is 1. The quantitative estimate of drug-likeness (QED) is 0.252. The lowest BCUT2D eigenvalue weighted by molar-refractivity contribution is 0.102. The van der Waals surface area contributed by atoms with Crippen molar-refractivity contribution in [3.8, 4) is 0 Å². The fraction of sp³-hybridized carbons (Fsp3) is 0.174. The molecular weight excluding hydrogens is 461 g/mol. The molecule has 2 aromatic carbocycles. The minimum Gasteiger partial charge on any atom is -0.384 e. The number of nitrogens with zero attached hydrogens (tertiary/aromatic N) is 4. The summed E-state index contributed by atoms with van der Waals surface area (Å²) in [6.07, 6.45) is 0. The van der Waals surface area contributed by atoms with E-state index in [1.807, 2.05) is 0 Å². The van der Waals surface area contributed by atoms with Gasteiger partial charge in [-0.15, -0.1) is 0 Å². The van der Waals surface area contributed by atoms with E-state index in [4.69, 9.17) is 5.73 Å². The maximum absolute atomic E-state index is 13.3. The molecule has 4 aromatic rings. The highest BCUT2D eigenvalue weighted by molar-refractivity contribution is 7.99. The number of fused-ring (bicyclic) bond motifs is 1. The molecular formula is C23H20FN5O4S. The van der Waals surface area contributed by atoms with E-state index in [1.54, 1.807) is 36.4 Å². The van der Waals surface area contributed by atoms with Crippen LogP contribution in [0.1, 0.15) is 15.9 Å². The van der Waals surface area contributed by atoms with Crippen LogP contribution in [-0.4, -0.2) is 30.2 Å². The normalized spacial score (nSPS) is 11.1. The number of carbonyl (C=O) groups excluding carboxylic acids is 1. The third-order valence-corrected chi connectivity index (χ3v) is 6.38. The highest BCUT2D eigenvalue weighted by Crippen LogP contribution is 2.21. The van der Waals surface area contributed by atoms with E-state index in [0.717, 1.165) is 20.9 Å². The number of anilines is 1. The number of aromatic nitrogens is 4. The number of hydrogen-bond acceptors (Lipinski definition) is 7. The molecule has 11 heteroatoms. The summed E-state index contributed by atoms with van der Waals surface area (Å²) in [5.41, 5.74) is 4.96. The molecule has 0 bridgehead atoms. The average Bonchev–Trinajstić information content (AvgIpc) is 2.83. The van der Waals surface area contributed by atoms with Crippen molar-refractivity contribution in [3.05, 3.63) is 96.7 Å². The Bertz CT molecular complexity index is 1610. The van der Waals surface area contributed by atoms with Crippen molar-refractivity contribution in [3.63, 3.8) is 0 Å². The van der Waals surface area contributed by atoms with Gasteiger partial charge in [-0.05, 0) is 29.8 Å². The van der Waals surface area contributed by atoms with Crippen LogP contribution in [0.5, 0.6) is 0 Å². The number of ketones is 1. The van der Waals surface area contributed by atoms with Crippen molar-refractivity contribution in [1.29, 1.82) is 0 Å². The molecule has 0 atom stereocenters. The summed E-state index contributed by atoms with van der Waals surface area (Å²) in [6, 6.07) is 12.5. The second-order valence-corrected chi connectivity index (χ2v) is 8.55. The van der Waals surface area contributed by atoms with Crippen LogP contribution < -0.4 is 22.5 Å². The van der Waals surface area contributed by atoms with E-state index in [0.29, 0.717) is 16.5 Å². The zero-order chi connectivity index (χ0) is 24.6. The summed E-state index contributed by atoms with van der Waals surface area (Å²) < 4.78 is 16.6. The van der Waals surface area contributed by atoms with Gasteiger partial charge in [0.15, 0.2) is 10.9 Å². The average molecular weight is 482 g/mol. The standard InChI is InChI=1S/C23H20FN5O4S/c1-27-19(25)18(21(32)28(2)23(27)33)17(30)12-34-22-26-16-6-4-3-5-15(16)20(31)29(22)11-13-7-9-14(24)10-8-13/h3-10H,11-12,25H2,1-2H3. The molecule has 0 aliphatic heterocycles. The minimum absolute atomic E-state index is 0.108. The number of hydrogen-bond donors (Lipinski definition) is 1. The zero-order valence-electron chi connectivity index (χ0n) is 18.3. The van der Waals surface area contributed by atoms with Crippen molar-refractivity contribution in [1.82, 2.24) is 18.7 Å². The smallest absolute Gasteiger partial charge is 0.332 e. The highest BCUT2D eigenvalue weighted by atomic mass is 32.2. The summed E-state index contributed by atoms with van der Waals surface area (Å²) in [5, 5.41) is 0.651. The number of Topliss-reactive ketones (excluding diaryl/α,β-unsaturated/α-hetero) is 1. The van der Waals surface area contributed by atoms with Gasteiger partial charge in [-0.2, -0.15) is 0 Å². The third-order valence-electron chi connectivity index (χ3n) is 5.40. The number of benzene rings is 2. The largest absolute Gasteiger partial charge is 0.384 e. The Morgan fingerprint density at radius 2 is 1.68 bits per heavy atom. The van der Waals surface area contributed by atoms with E-state index >= 15 is 0 Å². The summed E-state index contributed by atoms with van der Waals surface area (Å²) in [6.45, 7) is 0.108. The zero-order valence-corrected chi connectivity index (χ0v) is 19.1. The molecule has 0 radical (unpaired) electrons. The molecule has 9 nitrogen and oxygen atoms in total. The Kier molecular flexibility index (Phi) is 6.20. The lowest BCUT2D eigenvalue weighted by atomic mass is 10.2. The number of nitrogen functional groups attached to an aromatic ring is 1. The molecule has 2 aromatic heterocycles. The first-order valence-electron chi connectivity index (χ1n) is 10.1. The minimum atomic E-state index is -0.790. The number of thioether (sulfide) groups is 1. The molecule has 0 unspecified atom stereocenters. The lowest BCUT2D eigenvalue weighted by Gasteiger charge is -2.14. The van der Waals surface area contributed by atoms with Gasteiger partial charge in [0.1, 0.15) is 17.2 Å². The second kappa shape index (κ2) is 9.10. The monoisotopic (exact) mass is 481 g/mol. The predicted octanol–water partition coefficient (Wildman–Crippen LogP) is 1.54. The van der Waals surface area contributed by atoms with Crippen molar-refractivity contribution < 1.29 is 9.18 Å². The van der Waals surface area contributed by atoms with Gasteiger partial charge in [-0.1, -0.05) is 36.0 Å². The van der Waals surface area contributed by atoms with E-state index in [1.165, 1.54) is 30.8 Å². The third kappa shape index (κ3) is 4.17. The Morgan fingerprint density at radius 3 is 2.38 bits per heavy atom. The molecule has 0 fully saturated rings. The first-order valence-corrected chi connectivity index (χ1v) is 11.1. The van der Waals surface area contributed by atoms with Crippen LogP contribution in [0, 0.1) is 5.82 Å². The van der Waals surface area contributed by atoms with Crippen LogP contribution in [0.15, 0.2) is 68.1 Å². The maximum atomic E-state index is 13.3. The molecule has 0 saturated carbocycles. The summed E-state index contributed by atoms with van der Waals surface area (Å²) >= 11 is 0.972. The highest BCUT2D eigenvalue weighted by Gasteiger charge is 2.21. The van der Waals surface area contributed by atoms with Crippen molar-refractivity contribution in [2.75, 3.05) is 11.5 Å². The Balaban J connectivity index is 1.74. The number of carbonyl (C=O) groups is 1. The molecule has 2 heterocycles. The van der Waals surface area contributed by atoms with Gasteiger partial charge in [0, 0.05) is 14.1 Å². The van der Waals surface area contributed by atoms with Crippen LogP contribution in [0.25, 0.3) is 10.9 Å². The first-order chi connectivity index (χ1) is 16.2. The molecule has 0 aliphatic rings. The van der Waals surface area contributed by atoms with Gasteiger partial charge >= 0.3 is 5.69 Å². The van der Waals surface area contributed by atoms with Crippen LogP contribution in [0.3, 0.4) is 0 Å². The molecule has 34 heavy (non-hydrogen) atoms. The topological polar surface area (TPSA) is 122 Å². The molecule has 0 amide bonds. The van der Waals surface area contributed by atoms with E-state index in [-0.39, 0.29) is 34.4 Å².